The molecule has 0 saturated heterocycles. The van der Waals surface area contributed by atoms with E-state index in [1.54, 1.807) is 12.4 Å². The van der Waals surface area contributed by atoms with Crippen LogP contribution in [0.5, 0.6) is 0 Å². The first-order valence-electron chi connectivity index (χ1n) is 7.31. The number of nitrogens with zero attached hydrogens (tertiary/aromatic N) is 3. The third-order valence-corrected chi connectivity index (χ3v) is 4.12. The second-order valence-corrected chi connectivity index (χ2v) is 6.13. The van der Waals surface area contributed by atoms with Gasteiger partial charge in [-0.25, -0.2) is 4.98 Å². The predicted molar refractivity (Wildman–Crippen MR) is 98.2 cm³/mol. The van der Waals surface area contributed by atoms with Gasteiger partial charge in [-0.2, -0.15) is 0 Å². The molecule has 0 aliphatic heterocycles. The van der Waals surface area contributed by atoms with E-state index in [4.69, 9.17) is 28.2 Å². The van der Waals surface area contributed by atoms with Gasteiger partial charge < -0.3 is 5.32 Å². The van der Waals surface area contributed by atoms with Crippen LogP contribution in [-0.2, 0) is 0 Å². The van der Waals surface area contributed by atoms with Gasteiger partial charge in [0.1, 0.15) is 11.5 Å². The molecule has 0 radical (unpaired) electrons. The normalized spacial score (nSPS) is 10.9. The van der Waals surface area contributed by atoms with Gasteiger partial charge in [0.25, 0.3) is 0 Å². The summed E-state index contributed by atoms with van der Waals surface area (Å²) < 4.78 is 1.96. The van der Waals surface area contributed by atoms with Crippen LogP contribution in [-0.4, -0.2) is 14.4 Å². The summed E-state index contributed by atoms with van der Waals surface area (Å²) in [6.07, 6.45) is 5.32. The van der Waals surface area contributed by atoms with Crippen molar-refractivity contribution < 1.29 is 0 Å². The van der Waals surface area contributed by atoms with Crippen molar-refractivity contribution in [2.75, 3.05) is 5.32 Å². The lowest BCUT2D eigenvalue weighted by atomic mass is 10.1. The largest absolute Gasteiger partial charge is 0.339 e. The summed E-state index contributed by atoms with van der Waals surface area (Å²) in [5, 5.41) is 4.76. The number of hydrogen-bond acceptors (Lipinski definition) is 3. The number of hydrogen-bond donors (Lipinski definition) is 1. The summed E-state index contributed by atoms with van der Waals surface area (Å²) in [6, 6.07) is 15.2. The minimum atomic E-state index is 0.670. The molecule has 24 heavy (non-hydrogen) atoms. The Kier molecular flexibility index (Phi) is 3.84. The molecule has 4 nitrogen and oxygen atoms in total. The molecule has 0 amide bonds. The molecular formula is C18H12Cl2N4. The van der Waals surface area contributed by atoms with Gasteiger partial charge >= 0.3 is 0 Å². The van der Waals surface area contributed by atoms with E-state index < -0.39 is 0 Å². The van der Waals surface area contributed by atoms with E-state index in [2.05, 4.69) is 10.3 Å². The van der Waals surface area contributed by atoms with E-state index in [9.17, 15) is 0 Å². The number of aromatic nitrogens is 3. The topological polar surface area (TPSA) is 42.2 Å². The Balaban J connectivity index is 1.88. The van der Waals surface area contributed by atoms with Crippen molar-refractivity contribution in [2.24, 2.45) is 0 Å². The highest BCUT2D eigenvalue weighted by molar-refractivity contribution is 6.31. The fourth-order valence-corrected chi connectivity index (χ4v) is 2.85. The Bertz CT molecular complexity index is 1010. The van der Waals surface area contributed by atoms with Crippen molar-refractivity contribution in [1.29, 1.82) is 0 Å². The van der Waals surface area contributed by atoms with Crippen LogP contribution in [0.2, 0.25) is 10.0 Å². The van der Waals surface area contributed by atoms with Crippen molar-refractivity contribution in [3.05, 3.63) is 77.2 Å². The molecule has 0 fully saturated rings. The van der Waals surface area contributed by atoms with Crippen molar-refractivity contribution >= 4 is 40.4 Å². The zero-order valence-electron chi connectivity index (χ0n) is 12.4. The molecule has 0 bridgehead atoms. The van der Waals surface area contributed by atoms with Crippen LogP contribution in [0, 0.1) is 0 Å². The number of benzene rings is 2. The third-order valence-electron chi connectivity index (χ3n) is 3.64. The number of fused-ring (bicyclic) bond motifs is 1. The molecule has 0 aliphatic carbocycles. The number of anilines is 2. The quantitative estimate of drug-likeness (QED) is 0.532. The van der Waals surface area contributed by atoms with Gasteiger partial charge in [-0.15, -0.1) is 0 Å². The predicted octanol–water partition coefficient (Wildman–Crippen LogP) is 5.45. The Hall–Kier alpha value is -2.56. The van der Waals surface area contributed by atoms with Crippen LogP contribution in [0.3, 0.4) is 0 Å². The fourth-order valence-electron chi connectivity index (χ4n) is 2.54. The maximum Gasteiger partial charge on any atom is 0.157 e. The third kappa shape index (κ3) is 2.82. The van der Waals surface area contributed by atoms with Crippen molar-refractivity contribution in [1.82, 2.24) is 14.4 Å². The lowest BCUT2D eigenvalue weighted by Crippen LogP contribution is -1.97. The van der Waals surface area contributed by atoms with Crippen LogP contribution in [0.1, 0.15) is 0 Å². The van der Waals surface area contributed by atoms with Gasteiger partial charge in [0.05, 0.1) is 6.20 Å². The van der Waals surface area contributed by atoms with E-state index >= 15 is 0 Å². The summed E-state index contributed by atoms with van der Waals surface area (Å²) in [5.74, 6) is 0.844. The molecule has 0 saturated carbocycles. The van der Waals surface area contributed by atoms with Gasteiger partial charge in [-0.05, 0) is 30.3 Å². The molecule has 0 spiro atoms. The molecule has 6 heteroatoms. The SMILES string of the molecule is Clc1ccc(-c2nc3cnccn3c2Nc2cccc(Cl)c2)cc1. The summed E-state index contributed by atoms with van der Waals surface area (Å²) in [6.45, 7) is 0. The smallest absolute Gasteiger partial charge is 0.157 e. The van der Waals surface area contributed by atoms with E-state index in [1.807, 2.05) is 59.1 Å². The number of halogens is 2. The van der Waals surface area contributed by atoms with E-state index in [0.717, 1.165) is 28.4 Å². The maximum absolute atomic E-state index is 6.09. The second kappa shape index (κ2) is 6.15. The molecule has 0 unspecified atom stereocenters. The summed E-state index contributed by atoms with van der Waals surface area (Å²) in [5.41, 5.74) is 3.43. The van der Waals surface area contributed by atoms with Gasteiger partial charge in [-0.3, -0.25) is 9.38 Å². The molecule has 4 aromatic rings. The van der Waals surface area contributed by atoms with Gasteiger partial charge in [-0.1, -0.05) is 41.4 Å². The Morgan fingerprint density at radius 2 is 1.79 bits per heavy atom. The fraction of sp³-hybridized carbons (Fsp3) is 0. The Morgan fingerprint density at radius 3 is 2.58 bits per heavy atom. The van der Waals surface area contributed by atoms with Gasteiger partial charge in [0.2, 0.25) is 0 Å². The summed E-state index contributed by atoms with van der Waals surface area (Å²) >= 11 is 12.1. The van der Waals surface area contributed by atoms with Crippen molar-refractivity contribution in [3.8, 4) is 11.3 Å². The molecule has 2 aromatic carbocycles. The number of imidazole rings is 1. The van der Waals surface area contributed by atoms with Crippen LogP contribution in [0.25, 0.3) is 16.9 Å². The van der Waals surface area contributed by atoms with Gasteiger partial charge in [0.15, 0.2) is 5.65 Å². The number of rotatable bonds is 3. The lowest BCUT2D eigenvalue weighted by molar-refractivity contribution is 1.13. The van der Waals surface area contributed by atoms with Crippen LogP contribution < -0.4 is 5.32 Å². The zero-order chi connectivity index (χ0) is 16.5. The molecule has 118 valence electrons. The van der Waals surface area contributed by atoms with E-state index in [1.165, 1.54) is 0 Å². The molecule has 0 atom stereocenters. The molecule has 4 rings (SSSR count). The standard InChI is InChI=1S/C18H12Cl2N4/c19-13-6-4-12(5-7-13)17-18(22-15-3-1-2-14(20)10-15)24-9-8-21-11-16(24)23-17/h1-11,22H. The Labute approximate surface area is 148 Å². The minimum Gasteiger partial charge on any atom is -0.339 e. The van der Waals surface area contributed by atoms with Gasteiger partial charge in [0, 0.05) is 33.7 Å². The van der Waals surface area contributed by atoms with Crippen LogP contribution >= 0.6 is 23.2 Å². The first kappa shape index (κ1) is 15.0. The van der Waals surface area contributed by atoms with Crippen LogP contribution in [0.15, 0.2) is 67.1 Å². The summed E-state index contributed by atoms with van der Waals surface area (Å²) in [4.78, 5) is 8.84. The van der Waals surface area contributed by atoms with Crippen molar-refractivity contribution in [2.45, 2.75) is 0 Å². The second-order valence-electron chi connectivity index (χ2n) is 5.26. The first-order chi connectivity index (χ1) is 11.7. The molecule has 0 aliphatic rings. The highest BCUT2D eigenvalue weighted by Gasteiger charge is 2.14. The molecule has 1 N–H and O–H groups in total. The first-order valence-corrected chi connectivity index (χ1v) is 8.07. The highest BCUT2D eigenvalue weighted by atomic mass is 35.5. The average Bonchev–Trinajstić information content (AvgIpc) is 2.94. The average molecular weight is 355 g/mol. The molecule has 2 heterocycles. The lowest BCUT2D eigenvalue weighted by Gasteiger charge is -2.09. The summed E-state index contributed by atoms with van der Waals surface area (Å²) in [7, 11) is 0. The zero-order valence-corrected chi connectivity index (χ0v) is 14.0. The monoisotopic (exact) mass is 354 g/mol. The highest BCUT2D eigenvalue weighted by Crippen LogP contribution is 2.32. The Morgan fingerprint density at radius 1 is 0.958 bits per heavy atom. The molecule has 2 aromatic heterocycles. The minimum absolute atomic E-state index is 0.670. The maximum atomic E-state index is 6.09. The van der Waals surface area contributed by atoms with Crippen LogP contribution in [0.4, 0.5) is 11.5 Å². The molecular weight excluding hydrogens is 343 g/mol. The van der Waals surface area contributed by atoms with Crippen molar-refractivity contribution in [3.63, 3.8) is 0 Å². The van der Waals surface area contributed by atoms with E-state index in [0.29, 0.717) is 10.0 Å². The van der Waals surface area contributed by atoms with E-state index in [-0.39, 0.29) is 0 Å². The number of nitrogens with one attached hydrogen (secondary N) is 1.